The zero-order valence-corrected chi connectivity index (χ0v) is 19.4. The van der Waals surface area contributed by atoms with Crippen molar-refractivity contribution >= 4 is 17.8 Å². The van der Waals surface area contributed by atoms with E-state index in [9.17, 15) is 14.4 Å². The minimum atomic E-state index is -1.10. The first-order valence-corrected chi connectivity index (χ1v) is 10.7. The number of carbonyl (C=O) groups excluding carboxylic acids is 3. The van der Waals surface area contributed by atoms with Crippen LogP contribution in [0.4, 0.5) is 0 Å². The topological polar surface area (TPSA) is 130 Å². The van der Waals surface area contributed by atoms with Crippen LogP contribution in [-0.2, 0) is 4.74 Å². The largest absolute Gasteiger partial charge is 0.493 e. The maximum Gasteiger partial charge on any atom is 0.382 e. The minimum absolute atomic E-state index is 0.0447. The van der Waals surface area contributed by atoms with E-state index in [2.05, 4.69) is 0 Å². The van der Waals surface area contributed by atoms with Crippen LogP contribution in [-0.4, -0.2) is 32.1 Å². The second-order valence-electron chi connectivity index (χ2n) is 7.46. The van der Waals surface area contributed by atoms with Crippen LogP contribution in [0.5, 0.6) is 11.5 Å². The summed E-state index contributed by atoms with van der Waals surface area (Å²) in [6, 6.07) is 21.1. The number of hydrogen-bond acceptors (Lipinski definition) is 8. The molecule has 0 radical (unpaired) electrons. The monoisotopic (exact) mass is 486 g/mol. The predicted octanol–water partition coefficient (Wildman–Crippen LogP) is 4.23. The molecule has 0 fully saturated rings. The van der Waals surface area contributed by atoms with Gasteiger partial charge in [-0.1, -0.05) is 60.7 Å². The van der Waals surface area contributed by atoms with E-state index >= 15 is 0 Å². The summed E-state index contributed by atoms with van der Waals surface area (Å²) in [5.41, 5.74) is 4.08. The number of furan rings is 1. The highest BCUT2D eigenvalue weighted by Crippen LogP contribution is 2.38. The van der Waals surface area contributed by atoms with Gasteiger partial charge in [0, 0.05) is 11.1 Å². The van der Waals surface area contributed by atoms with Crippen LogP contribution in [0.15, 0.2) is 83.5 Å². The smallest absolute Gasteiger partial charge is 0.382 e. The van der Waals surface area contributed by atoms with Crippen LogP contribution in [0.25, 0.3) is 22.3 Å². The number of hydrazine groups is 1. The lowest BCUT2D eigenvalue weighted by Gasteiger charge is -2.15. The van der Waals surface area contributed by atoms with Gasteiger partial charge in [0.25, 0.3) is 5.91 Å². The molecule has 4 rings (SSSR count). The predicted molar refractivity (Wildman–Crippen MR) is 131 cm³/mol. The molecule has 0 unspecified atom stereocenters. The van der Waals surface area contributed by atoms with Crippen molar-refractivity contribution in [1.29, 1.82) is 0 Å². The van der Waals surface area contributed by atoms with Crippen LogP contribution in [0.3, 0.4) is 0 Å². The Morgan fingerprint density at radius 2 is 1.44 bits per heavy atom. The normalized spacial score (nSPS) is 10.4. The summed E-state index contributed by atoms with van der Waals surface area (Å²) >= 11 is 0. The van der Waals surface area contributed by atoms with Crippen molar-refractivity contribution in [2.45, 2.75) is 0 Å². The molecule has 1 aromatic heterocycles. The molecule has 4 aromatic rings. The first-order chi connectivity index (χ1) is 17.5. The molecule has 0 saturated heterocycles. The van der Waals surface area contributed by atoms with Gasteiger partial charge in [-0.05, 0) is 23.3 Å². The van der Waals surface area contributed by atoms with E-state index in [1.54, 1.807) is 0 Å². The summed E-state index contributed by atoms with van der Waals surface area (Å²) < 4.78 is 21.2. The fraction of sp³-hybridized carbons (Fsp3) is 0.0741. The Balaban J connectivity index is 1.75. The summed E-state index contributed by atoms with van der Waals surface area (Å²) in [6.45, 7) is 0. The number of esters is 2. The minimum Gasteiger partial charge on any atom is -0.493 e. The molecule has 0 aliphatic rings. The van der Waals surface area contributed by atoms with E-state index in [0.29, 0.717) is 16.7 Å². The highest BCUT2D eigenvalue weighted by molar-refractivity contribution is 6.12. The summed E-state index contributed by atoms with van der Waals surface area (Å²) in [5, 5.41) is 0. The maximum atomic E-state index is 13.2. The van der Waals surface area contributed by atoms with Crippen LogP contribution in [0.2, 0.25) is 0 Å². The van der Waals surface area contributed by atoms with Crippen molar-refractivity contribution in [3.63, 3.8) is 0 Å². The molecule has 0 aliphatic carbocycles. The van der Waals surface area contributed by atoms with Gasteiger partial charge in [0.1, 0.15) is 11.8 Å². The number of nitrogens with one attached hydrogen (secondary N) is 1. The van der Waals surface area contributed by atoms with Gasteiger partial charge in [-0.2, -0.15) is 0 Å². The van der Waals surface area contributed by atoms with Gasteiger partial charge < -0.3 is 18.6 Å². The zero-order valence-electron chi connectivity index (χ0n) is 19.4. The van der Waals surface area contributed by atoms with E-state index in [0.717, 1.165) is 5.56 Å². The van der Waals surface area contributed by atoms with Crippen molar-refractivity contribution in [1.82, 2.24) is 5.43 Å². The molecule has 3 aromatic carbocycles. The third kappa shape index (κ3) is 4.55. The number of benzene rings is 3. The molecule has 1 heterocycles. The highest BCUT2D eigenvalue weighted by Gasteiger charge is 2.30. The molecule has 0 bridgehead atoms. The van der Waals surface area contributed by atoms with E-state index in [-0.39, 0.29) is 28.4 Å². The Morgan fingerprint density at radius 3 is 2.03 bits per heavy atom. The number of amides is 1. The fourth-order valence-electron chi connectivity index (χ4n) is 3.81. The number of nitrogens with two attached hydrogens (primary N) is 1. The van der Waals surface area contributed by atoms with Crippen LogP contribution >= 0.6 is 0 Å². The van der Waals surface area contributed by atoms with E-state index < -0.39 is 17.8 Å². The fourth-order valence-corrected chi connectivity index (χ4v) is 3.81. The van der Waals surface area contributed by atoms with Crippen LogP contribution < -0.4 is 20.7 Å². The third-order valence-electron chi connectivity index (χ3n) is 5.43. The second kappa shape index (κ2) is 10.6. The first kappa shape index (κ1) is 24.2. The Hall–Kier alpha value is -4.89. The lowest BCUT2D eigenvalue weighted by Crippen LogP contribution is -2.32. The van der Waals surface area contributed by atoms with E-state index in [1.165, 1.54) is 32.6 Å². The van der Waals surface area contributed by atoms with E-state index in [1.807, 2.05) is 66.1 Å². The highest BCUT2D eigenvalue weighted by atomic mass is 16.6. The van der Waals surface area contributed by atoms with Crippen molar-refractivity contribution in [3.05, 3.63) is 95.9 Å². The number of ether oxygens (including phenoxy) is 3. The van der Waals surface area contributed by atoms with Crippen molar-refractivity contribution in [2.75, 3.05) is 14.2 Å². The molecule has 1 amide bonds. The SMILES string of the molecule is COc1ccc(C(=O)OC(=O)c2occ(-c3ccccc3)c2-c2ccccc2)c(C(=O)NN)c1OC. The Bertz CT molecular complexity index is 1410. The first-order valence-electron chi connectivity index (χ1n) is 10.7. The van der Waals surface area contributed by atoms with Gasteiger partial charge in [0.05, 0.1) is 19.8 Å². The van der Waals surface area contributed by atoms with Gasteiger partial charge in [0.2, 0.25) is 5.76 Å². The zero-order chi connectivity index (χ0) is 25.7. The van der Waals surface area contributed by atoms with Gasteiger partial charge in [-0.3, -0.25) is 10.2 Å². The van der Waals surface area contributed by atoms with Gasteiger partial charge in [-0.25, -0.2) is 15.4 Å². The Labute approximate surface area is 206 Å². The Morgan fingerprint density at radius 1 is 0.806 bits per heavy atom. The molecule has 0 aliphatic heterocycles. The Kier molecular flexibility index (Phi) is 7.12. The molecule has 9 nitrogen and oxygen atoms in total. The third-order valence-corrected chi connectivity index (χ3v) is 5.43. The molecule has 3 N–H and O–H groups in total. The van der Waals surface area contributed by atoms with Crippen molar-refractivity contribution < 1.29 is 33.0 Å². The molecule has 36 heavy (non-hydrogen) atoms. The molecule has 0 spiro atoms. The molecule has 0 atom stereocenters. The van der Waals surface area contributed by atoms with Gasteiger partial charge in [-0.15, -0.1) is 0 Å². The summed E-state index contributed by atoms with van der Waals surface area (Å²) in [5.74, 6) is 2.30. The van der Waals surface area contributed by atoms with Gasteiger partial charge in [0.15, 0.2) is 11.5 Å². The molecular weight excluding hydrogens is 464 g/mol. The maximum absolute atomic E-state index is 13.2. The quantitative estimate of drug-likeness (QED) is 0.130. The second-order valence-corrected chi connectivity index (χ2v) is 7.46. The molecule has 0 saturated carbocycles. The van der Waals surface area contributed by atoms with Gasteiger partial charge >= 0.3 is 11.9 Å². The van der Waals surface area contributed by atoms with Crippen molar-refractivity contribution in [3.8, 4) is 33.8 Å². The number of hydrogen-bond donors (Lipinski definition) is 2. The van der Waals surface area contributed by atoms with Crippen LogP contribution in [0.1, 0.15) is 31.3 Å². The number of carbonyl (C=O) groups is 3. The lowest BCUT2D eigenvalue weighted by molar-refractivity contribution is 0.0373. The van der Waals surface area contributed by atoms with Crippen LogP contribution in [0, 0.1) is 0 Å². The number of rotatable bonds is 7. The lowest BCUT2D eigenvalue weighted by atomic mass is 9.97. The molecule has 9 heteroatoms. The molecule has 182 valence electrons. The standard InChI is InChI=1S/C27H22N2O7/c1-33-20-14-13-18(22(23(20)34-2)25(30)29-28)26(31)36-27(32)24-21(17-11-7-4-8-12-17)19(15-35-24)16-9-5-3-6-10-16/h3-15H,28H2,1-2H3,(H,29,30). The average molecular weight is 486 g/mol. The van der Waals surface area contributed by atoms with Crippen molar-refractivity contribution in [2.24, 2.45) is 5.84 Å². The number of methoxy groups -OCH3 is 2. The summed E-state index contributed by atoms with van der Waals surface area (Å²) in [6.07, 6.45) is 1.43. The average Bonchev–Trinajstić information content (AvgIpc) is 3.38. The van der Waals surface area contributed by atoms with E-state index in [4.69, 9.17) is 24.5 Å². The molecular formula is C27H22N2O7. The summed E-state index contributed by atoms with van der Waals surface area (Å²) in [4.78, 5) is 38.7. The number of nitrogen functional groups attached to an aromatic ring is 1. The summed E-state index contributed by atoms with van der Waals surface area (Å²) in [7, 11) is 2.67.